The number of rotatable bonds is 3. The number of aromatic amines is 1. The molecule has 0 saturated carbocycles. The van der Waals surface area contributed by atoms with Crippen molar-refractivity contribution in [2.45, 2.75) is 19.3 Å². The normalized spacial score (nSPS) is 17.7. The van der Waals surface area contributed by atoms with Crippen molar-refractivity contribution in [2.24, 2.45) is 5.92 Å². The molecule has 0 spiro atoms. The van der Waals surface area contributed by atoms with Gasteiger partial charge in [0, 0.05) is 18.8 Å². The quantitative estimate of drug-likeness (QED) is 0.862. The average molecular weight is 242 g/mol. The number of benzene rings is 1. The largest absolute Gasteiger partial charge is 0.481 e. The van der Waals surface area contributed by atoms with E-state index in [2.05, 4.69) is 28.2 Å². The summed E-state index contributed by atoms with van der Waals surface area (Å²) in [5.74, 6) is -0.0135. The Morgan fingerprint density at radius 1 is 1.39 bits per heavy atom. The van der Waals surface area contributed by atoms with E-state index in [0.29, 0.717) is 12.8 Å². The summed E-state index contributed by atoms with van der Waals surface area (Å²) in [7, 11) is 0. The van der Waals surface area contributed by atoms with Crippen LogP contribution in [0.25, 0.3) is 0 Å². The number of carboxylic acid groups (broad SMARTS) is 1. The fourth-order valence-corrected chi connectivity index (χ4v) is 2.54. The number of fused-ring (bicyclic) bond motifs is 1. The van der Waals surface area contributed by atoms with E-state index in [1.54, 1.807) is 6.20 Å². The van der Waals surface area contributed by atoms with Crippen molar-refractivity contribution in [2.75, 3.05) is 0 Å². The Labute approximate surface area is 105 Å². The number of nitrogens with zero attached hydrogens (tertiary/aromatic N) is 1. The molecule has 1 aromatic heterocycles. The van der Waals surface area contributed by atoms with Crippen molar-refractivity contribution in [1.82, 2.24) is 9.97 Å². The predicted octanol–water partition coefficient (Wildman–Crippen LogP) is 1.80. The van der Waals surface area contributed by atoms with Crippen LogP contribution >= 0.6 is 0 Å². The Bertz CT molecular complexity index is 575. The van der Waals surface area contributed by atoms with Crippen LogP contribution in [-0.2, 0) is 24.1 Å². The molecule has 1 unspecified atom stereocenters. The molecule has 4 nitrogen and oxygen atoms in total. The molecular weight excluding hydrogens is 228 g/mol. The van der Waals surface area contributed by atoms with Crippen molar-refractivity contribution in [3.63, 3.8) is 0 Å². The Balaban J connectivity index is 1.81. The van der Waals surface area contributed by atoms with Gasteiger partial charge in [-0.1, -0.05) is 18.2 Å². The Morgan fingerprint density at radius 2 is 2.22 bits per heavy atom. The summed E-state index contributed by atoms with van der Waals surface area (Å²) in [6.07, 6.45) is 5.62. The third-order valence-corrected chi connectivity index (χ3v) is 3.48. The van der Waals surface area contributed by atoms with Crippen LogP contribution in [0.1, 0.15) is 22.5 Å². The van der Waals surface area contributed by atoms with Crippen molar-refractivity contribution < 1.29 is 9.90 Å². The molecule has 1 atom stereocenters. The van der Waals surface area contributed by atoms with Crippen LogP contribution in [0.5, 0.6) is 0 Å². The molecule has 0 radical (unpaired) electrons. The van der Waals surface area contributed by atoms with Gasteiger partial charge in [0.25, 0.3) is 0 Å². The summed E-state index contributed by atoms with van der Waals surface area (Å²) in [6, 6.07) is 6.23. The lowest BCUT2D eigenvalue weighted by Crippen LogP contribution is -2.12. The van der Waals surface area contributed by atoms with Gasteiger partial charge < -0.3 is 10.1 Å². The fraction of sp³-hybridized carbons (Fsp3) is 0.286. The maximum atomic E-state index is 11.0. The van der Waals surface area contributed by atoms with Gasteiger partial charge in [0.05, 0.1) is 5.92 Å². The second-order valence-electron chi connectivity index (χ2n) is 4.76. The summed E-state index contributed by atoms with van der Waals surface area (Å²) in [6.45, 7) is 0. The standard InChI is InChI=1S/C14H14N2O2/c17-14(18)12-7-10-2-1-9(5-11(10)8-12)6-13-15-3-4-16-13/h1-5,12H,6-8H2,(H,15,16)(H,17,18). The smallest absolute Gasteiger partial charge is 0.307 e. The molecule has 2 N–H and O–H groups in total. The van der Waals surface area contributed by atoms with Gasteiger partial charge in [-0.25, -0.2) is 4.98 Å². The number of carbonyl (C=O) groups is 1. The fourth-order valence-electron chi connectivity index (χ4n) is 2.54. The second kappa shape index (κ2) is 4.29. The maximum absolute atomic E-state index is 11.0. The first-order valence-corrected chi connectivity index (χ1v) is 6.04. The number of H-pyrrole nitrogens is 1. The minimum Gasteiger partial charge on any atom is -0.481 e. The van der Waals surface area contributed by atoms with Crippen LogP contribution in [0.15, 0.2) is 30.6 Å². The van der Waals surface area contributed by atoms with Gasteiger partial charge >= 0.3 is 5.97 Å². The molecule has 0 fully saturated rings. The molecule has 4 heteroatoms. The number of aliphatic carboxylic acids is 1. The Kier molecular flexibility index (Phi) is 2.63. The van der Waals surface area contributed by atoms with Gasteiger partial charge in [-0.2, -0.15) is 0 Å². The topological polar surface area (TPSA) is 66.0 Å². The van der Waals surface area contributed by atoms with E-state index in [0.717, 1.165) is 12.2 Å². The molecule has 0 saturated heterocycles. The molecule has 0 amide bonds. The lowest BCUT2D eigenvalue weighted by molar-refractivity contribution is -0.141. The molecule has 0 bridgehead atoms. The summed E-state index contributed by atoms with van der Waals surface area (Å²) in [5.41, 5.74) is 3.52. The number of carboxylic acids is 1. The first kappa shape index (κ1) is 11.0. The predicted molar refractivity (Wildman–Crippen MR) is 66.4 cm³/mol. The third-order valence-electron chi connectivity index (χ3n) is 3.48. The van der Waals surface area contributed by atoms with E-state index in [1.807, 2.05) is 6.20 Å². The van der Waals surface area contributed by atoms with Crippen LogP contribution in [0.2, 0.25) is 0 Å². The summed E-state index contributed by atoms with van der Waals surface area (Å²) < 4.78 is 0. The molecular formula is C14H14N2O2. The SMILES string of the molecule is O=C(O)C1Cc2ccc(Cc3ncc[nH]3)cc2C1. The minimum absolute atomic E-state index is 0.251. The van der Waals surface area contributed by atoms with Crippen molar-refractivity contribution in [3.8, 4) is 0 Å². The highest BCUT2D eigenvalue weighted by Gasteiger charge is 2.26. The molecule has 1 aliphatic rings. The van der Waals surface area contributed by atoms with Crippen molar-refractivity contribution in [1.29, 1.82) is 0 Å². The molecule has 2 aromatic rings. The van der Waals surface area contributed by atoms with Gasteiger partial charge in [-0.3, -0.25) is 4.79 Å². The van der Waals surface area contributed by atoms with E-state index in [-0.39, 0.29) is 5.92 Å². The highest BCUT2D eigenvalue weighted by molar-refractivity contribution is 5.72. The molecule has 0 aliphatic heterocycles. The molecule has 1 aromatic carbocycles. The zero-order chi connectivity index (χ0) is 12.5. The number of imidazole rings is 1. The molecule has 18 heavy (non-hydrogen) atoms. The number of hydrogen-bond donors (Lipinski definition) is 2. The summed E-state index contributed by atoms with van der Waals surface area (Å²) in [5, 5.41) is 9.05. The number of aromatic nitrogens is 2. The summed E-state index contributed by atoms with van der Waals surface area (Å²) >= 11 is 0. The molecule has 1 aliphatic carbocycles. The van der Waals surface area contributed by atoms with Gasteiger partial charge in [-0.05, 0) is 29.5 Å². The summed E-state index contributed by atoms with van der Waals surface area (Å²) in [4.78, 5) is 18.3. The third kappa shape index (κ3) is 2.01. The molecule has 92 valence electrons. The van der Waals surface area contributed by atoms with Gasteiger partial charge in [0.2, 0.25) is 0 Å². The van der Waals surface area contributed by atoms with Crippen LogP contribution in [0.3, 0.4) is 0 Å². The van der Waals surface area contributed by atoms with Gasteiger partial charge in [-0.15, -0.1) is 0 Å². The number of nitrogens with one attached hydrogen (secondary N) is 1. The molecule has 3 rings (SSSR count). The van der Waals surface area contributed by atoms with E-state index >= 15 is 0 Å². The van der Waals surface area contributed by atoms with Crippen LogP contribution < -0.4 is 0 Å². The zero-order valence-corrected chi connectivity index (χ0v) is 9.89. The van der Waals surface area contributed by atoms with Crippen LogP contribution in [0.4, 0.5) is 0 Å². The van der Waals surface area contributed by atoms with Crippen LogP contribution in [0, 0.1) is 5.92 Å². The number of hydrogen-bond acceptors (Lipinski definition) is 2. The van der Waals surface area contributed by atoms with Crippen molar-refractivity contribution in [3.05, 3.63) is 53.1 Å². The van der Waals surface area contributed by atoms with Gasteiger partial charge in [0.1, 0.15) is 5.82 Å². The van der Waals surface area contributed by atoms with E-state index in [4.69, 9.17) is 5.11 Å². The second-order valence-corrected chi connectivity index (χ2v) is 4.76. The monoisotopic (exact) mass is 242 g/mol. The first-order valence-electron chi connectivity index (χ1n) is 6.04. The maximum Gasteiger partial charge on any atom is 0.307 e. The van der Waals surface area contributed by atoms with Crippen LogP contribution in [-0.4, -0.2) is 21.0 Å². The van der Waals surface area contributed by atoms with E-state index in [9.17, 15) is 4.79 Å². The minimum atomic E-state index is -0.696. The van der Waals surface area contributed by atoms with Gasteiger partial charge in [0.15, 0.2) is 0 Å². The zero-order valence-electron chi connectivity index (χ0n) is 9.89. The Morgan fingerprint density at radius 3 is 2.94 bits per heavy atom. The van der Waals surface area contributed by atoms with Crippen molar-refractivity contribution >= 4 is 5.97 Å². The molecule has 1 heterocycles. The van der Waals surface area contributed by atoms with E-state index < -0.39 is 5.97 Å². The average Bonchev–Trinajstić information content (AvgIpc) is 2.96. The lowest BCUT2D eigenvalue weighted by Gasteiger charge is -2.03. The lowest BCUT2D eigenvalue weighted by atomic mass is 10.0. The highest BCUT2D eigenvalue weighted by atomic mass is 16.4. The highest BCUT2D eigenvalue weighted by Crippen LogP contribution is 2.28. The van der Waals surface area contributed by atoms with E-state index in [1.165, 1.54) is 16.7 Å². The first-order chi connectivity index (χ1) is 8.72. The Hall–Kier alpha value is -2.10.